The predicted octanol–water partition coefficient (Wildman–Crippen LogP) is 5.66. The fourth-order valence-electron chi connectivity index (χ4n) is 3.54. The molecule has 1 atom stereocenters. The molecule has 1 aliphatic heterocycles. The van der Waals surface area contributed by atoms with Crippen molar-refractivity contribution in [2.24, 2.45) is 0 Å². The van der Waals surface area contributed by atoms with E-state index in [9.17, 15) is 0 Å². The predicted molar refractivity (Wildman–Crippen MR) is 120 cm³/mol. The number of hydrogen-bond acceptors (Lipinski definition) is 4. The third kappa shape index (κ3) is 3.44. The molecule has 1 N–H and O–H groups in total. The quantitative estimate of drug-likeness (QED) is 0.468. The molecule has 6 heteroatoms. The Morgan fingerprint density at radius 2 is 1.63 bits per heavy atom. The largest absolute Gasteiger partial charge is 0.497 e. The molecule has 1 unspecified atom stereocenters. The minimum absolute atomic E-state index is 0.111. The second-order valence-electron chi connectivity index (χ2n) is 7.00. The van der Waals surface area contributed by atoms with Crippen molar-refractivity contribution in [1.29, 1.82) is 0 Å². The lowest BCUT2D eigenvalue weighted by Crippen LogP contribution is -2.20. The average Bonchev–Trinajstić information content (AvgIpc) is 3.24. The zero-order chi connectivity index (χ0) is 20.5. The van der Waals surface area contributed by atoms with Gasteiger partial charge in [0.2, 0.25) is 5.95 Å². The van der Waals surface area contributed by atoms with Crippen molar-refractivity contribution in [1.82, 2.24) is 14.8 Å². The van der Waals surface area contributed by atoms with E-state index in [-0.39, 0.29) is 6.04 Å². The maximum atomic E-state index is 6.11. The number of hydrogen-bond donors (Lipinski definition) is 1. The zero-order valence-electron chi connectivity index (χ0n) is 16.3. The SMILES string of the molecule is COc1ccc(C2=CC(c3ccc(Cl)cc3)n3nc(-c4ccccc4)nc3N2)cc1. The van der Waals surface area contributed by atoms with Crippen LogP contribution in [0.2, 0.25) is 5.02 Å². The van der Waals surface area contributed by atoms with Crippen LogP contribution in [0.25, 0.3) is 17.1 Å². The lowest BCUT2D eigenvalue weighted by molar-refractivity contribution is 0.415. The number of methoxy groups -OCH3 is 1. The highest BCUT2D eigenvalue weighted by atomic mass is 35.5. The Hall–Kier alpha value is -3.57. The minimum Gasteiger partial charge on any atom is -0.497 e. The summed E-state index contributed by atoms with van der Waals surface area (Å²) in [6, 6.07) is 25.7. The van der Waals surface area contributed by atoms with Gasteiger partial charge in [-0.05, 0) is 53.6 Å². The van der Waals surface area contributed by atoms with E-state index in [0.29, 0.717) is 16.8 Å². The highest BCUT2D eigenvalue weighted by Crippen LogP contribution is 2.34. The first-order chi connectivity index (χ1) is 14.7. The van der Waals surface area contributed by atoms with Crippen molar-refractivity contribution >= 4 is 23.2 Å². The molecule has 0 radical (unpaired) electrons. The Morgan fingerprint density at radius 3 is 2.33 bits per heavy atom. The number of allylic oxidation sites excluding steroid dienone is 1. The van der Waals surface area contributed by atoms with E-state index in [1.807, 2.05) is 83.5 Å². The topological polar surface area (TPSA) is 52.0 Å². The summed E-state index contributed by atoms with van der Waals surface area (Å²) in [5.41, 5.74) is 4.07. The summed E-state index contributed by atoms with van der Waals surface area (Å²) in [5, 5.41) is 8.94. The smallest absolute Gasteiger partial charge is 0.227 e. The molecule has 0 bridgehead atoms. The average molecular weight is 415 g/mol. The minimum atomic E-state index is -0.111. The molecule has 1 aliphatic rings. The van der Waals surface area contributed by atoms with Crippen molar-refractivity contribution in [3.63, 3.8) is 0 Å². The van der Waals surface area contributed by atoms with Crippen molar-refractivity contribution in [3.8, 4) is 17.1 Å². The van der Waals surface area contributed by atoms with Gasteiger partial charge in [-0.1, -0.05) is 54.1 Å². The Labute approximate surface area is 179 Å². The molecule has 0 saturated heterocycles. The molecule has 1 aromatic heterocycles. The fourth-order valence-corrected chi connectivity index (χ4v) is 3.66. The van der Waals surface area contributed by atoms with Gasteiger partial charge in [0.1, 0.15) is 11.8 Å². The summed E-state index contributed by atoms with van der Waals surface area (Å²) in [4.78, 5) is 4.77. The van der Waals surface area contributed by atoms with Gasteiger partial charge >= 0.3 is 0 Å². The molecule has 0 amide bonds. The standard InChI is InChI=1S/C24H19ClN4O/c1-30-20-13-9-16(10-14-20)21-15-22(17-7-11-19(25)12-8-17)29-24(26-21)27-23(28-29)18-5-3-2-4-6-18/h2-15,22H,1H3,(H,26,27,28). The van der Waals surface area contributed by atoms with Crippen LogP contribution >= 0.6 is 11.6 Å². The second kappa shape index (κ2) is 7.69. The lowest BCUT2D eigenvalue weighted by atomic mass is 10.0. The van der Waals surface area contributed by atoms with Crippen LogP contribution in [0.15, 0.2) is 84.9 Å². The van der Waals surface area contributed by atoms with Crippen LogP contribution in [-0.2, 0) is 0 Å². The van der Waals surface area contributed by atoms with Gasteiger partial charge in [-0.15, -0.1) is 5.10 Å². The van der Waals surface area contributed by atoms with Gasteiger partial charge in [-0.3, -0.25) is 0 Å². The first-order valence-electron chi connectivity index (χ1n) is 9.62. The summed E-state index contributed by atoms with van der Waals surface area (Å²) >= 11 is 6.11. The number of ether oxygens (including phenoxy) is 1. The first kappa shape index (κ1) is 18.5. The highest BCUT2D eigenvalue weighted by Gasteiger charge is 2.25. The summed E-state index contributed by atoms with van der Waals surface area (Å²) in [6.45, 7) is 0. The molecule has 0 saturated carbocycles. The van der Waals surface area contributed by atoms with E-state index in [4.69, 9.17) is 26.4 Å². The Morgan fingerprint density at radius 1 is 0.900 bits per heavy atom. The molecular formula is C24H19ClN4O. The van der Waals surface area contributed by atoms with Gasteiger partial charge in [-0.2, -0.15) is 4.98 Å². The number of fused-ring (bicyclic) bond motifs is 1. The molecule has 3 aromatic carbocycles. The molecule has 4 aromatic rings. The molecule has 0 aliphatic carbocycles. The van der Waals surface area contributed by atoms with E-state index in [2.05, 4.69) is 11.4 Å². The molecular weight excluding hydrogens is 396 g/mol. The molecule has 30 heavy (non-hydrogen) atoms. The Balaban J connectivity index is 1.60. The molecule has 0 fully saturated rings. The maximum Gasteiger partial charge on any atom is 0.227 e. The van der Waals surface area contributed by atoms with E-state index < -0.39 is 0 Å². The number of nitrogens with one attached hydrogen (secondary N) is 1. The van der Waals surface area contributed by atoms with Crippen LogP contribution in [0, 0.1) is 0 Å². The number of rotatable bonds is 4. The van der Waals surface area contributed by atoms with Gasteiger partial charge in [0, 0.05) is 16.3 Å². The van der Waals surface area contributed by atoms with Crippen LogP contribution < -0.4 is 10.1 Å². The summed E-state index contributed by atoms with van der Waals surface area (Å²) in [5.74, 6) is 2.20. The number of benzene rings is 3. The van der Waals surface area contributed by atoms with E-state index >= 15 is 0 Å². The van der Waals surface area contributed by atoms with Crippen LogP contribution in [0.3, 0.4) is 0 Å². The third-order valence-electron chi connectivity index (χ3n) is 5.11. The van der Waals surface area contributed by atoms with Crippen molar-refractivity contribution in [2.75, 3.05) is 12.4 Å². The normalized spacial score (nSPS) is 15.1. The maximum absolute atomic E-state index is 6.11. The number of nitrogens with zero attached hydrogens (tertiary/aromatic N) is 3. The summed E-state index contributed by atoms with van der Waals surface area (Å²) in [6.07, 6.45) is 2.15. The van der Waals surface area contributed by atoms with Crippen LogP contribution in [0.1, 0.15) is 17.2 Å². The van der Waals surface area contributed by atoms with Crippen molar-refractivity contribution in [3.05, 3.63) is 101 Å². The number of anilines is 1. The summed E-state index contributed by atoms with van der Waals surface area (Å²) in [7, 11) is 1.66. The molecule has 5 rings (SSSR count). The van der Waals surface area contributed by atoms with Crippen molar-refractivity contribution in [2.45, 2.75) is 6.04 Å². The summed E-state index contributed by atoms with van der Waals surface area (Å²) < 4.78 is 7.20. The van der Waals surface area contributed by atoms with Gasteiger partial charge in [0.15, 0.2) is 5.82 Å². The lowest BCUT2D eigenvalue weighted by Gasteiger charge is -2.24. The second-order valence-corrected chi connectivity index (χ2v) is 7.44. The molecule has 0 spiro atoms. The van der Waals surface area contributed by atoms with E-state index in [0.717, 1.165) is 28.1 Å². The molecule has 2 heterocycles. The zero-order valence-corrected chi connectivity index (χ0v) is 17.0. The van der Waals surface area contributed by atoms with Crippen LogP contribution in [0.4, 0.5) is 5.95 Å². The highest BCUT2D eigenvalue weighted by molar-refractivity contribution is 6.30. The van der Waals surface area contributed by atoms with Gasteiger partial charge in [0.05, 0.1) is 7.11 Å². The fraction of sp³-hybridized carbons (Fsp3) is 0.0833. The Kier molecular flexibility index (Phi) is 4.73. The van der Waals surface area contributed by atoms with Gasteiger partial charge in [-0.25, -0.2) is 4.68 Å². The van der Waals surface area contributed by atoms with Crippen molar-refractivity contribution < 1.29 is 4.74 Å². The van der Waals surface area contributed by atoms with E-state index in [1.54, 1.807) is 7.11 Å². The number of aromatic nitrogens is 3. The van der Waals surface area contributed by atoms with Gasteiger partial charge < -0.3 is 10.1 Å². The monoisotopic (exact) mass is 414 g/mol. The first-order valence-corrected chi connectivity index (χ1v) is 10.00. The molecule has 5 nitrogen and oxygen atoms in total. The number of halogens is 1. The van der Waals surface area contributed by atoms with Crippen LogP contribution in [0.5, 0.6) is 5.75 Å². The van der Waals surface area contributed by atoms with Crippen LogP contribution in [-0.4, -0.2) is 21.9 Å². The van der Waals surface area contributed by atoms with E-state index in [1.165, 1.54) is 0 Å². The third-order valence-corrected chi connectivity index (χ3v) is 5.36. The Bertz CT molecular complexity index is 1200. The van der Waals surface area contributed by atoms with Gasteiger partial charge in [0.25, 0.3) is 0 Å². The molecule has 148 valence electrons.